The Bertz CT molecular complexity index is 801. The molecule has 8 heteroatoms. The molecule has 0 aliphatic rings. The van der Waals surface area contributed by atoms with Gasteiger partial charge in [0.2, 0.25) is 0 Å². The molecule has 2 aromatic heterocycles. The zero-order chi connectivity index (χ0) is 17.1. The average molecular weight is 353 g/mol. The highest BCUT2D eigenvalue weighted by Crippen LogP contribution is 2.22. The van der Waals surface area contributed by atoms with Gasteiger partial charge in [0.15, 0.2) is 5.76 Å². The molecule has 1 aromatic carbocycles. The van der Waals surface area contributed by atoms with Crippen molar-refractivity contribution >= 4 is 11.6 Å². The quantitative estimate of drug-likeness (QED) is 0.666. The third-order valence-corrected chi connectivity index (χ3v) is 3.75. The first-order valence-electron chi connectivity index (χ1n) is 7.23. The molecular formula is C16H15ClF2N4O. The van der Waals surface area contributed by atoms with E-state index in [-0.39, 0.29) is 6.54 Å². The zero-order valence-corrected chi connectivity index (χ0v) is 13.6. The van der Waals surface area contributed by atoms with Crippen LogP contribution in [0.25, 0.3) is 11.3 Å². The van der Waals surface area contributed by atoms with Crippen LogP contribution in [0.1, 0.15) is 18.1 Å². The van der Waals surface area contributed by atoms with E-state index in [1.165, 1.54) is 12.4 Å². The normalized spacial score (nSPS) is 11.6. The highest BCUT2D eigenvalue weighted by molar-refractivity contribution is 6.30. The van der Waals surface area contributed by atoms with Gasteiger partial charge in [-0.2, -0.15) is 8.78 Å². The number of hydrogen-bond donors (Lipinski definition) is 0. The molecule has 126 valence electrons. The first-order chi connectivity index (χ1) is 11.5. The molecule has 0 saturated heterocycles. The second-order valence-corrected chi connectivity index (χ2v) is 5.82. The summed E-state index contributed by atoms with van der Waals surface area (Å²) in [6.45, 7) is -1.90. The van der Waals surface area contributed by atoms with Crippen LogP contribution in [0.15, 0.2) is 47.2 Å². The number of rotatable bonds is 6. The van der Waals surface area contributed by atoms with E-state index in [4.69, 9.17) is 16.1 Å². The fourth-order valence-corrected chi connectivity index (χ4v) is 2.48. The molecule has 0 radical (unpaired) electrons. The van der Waals surface area contributed by atoms with Gasteiger partial charge in [-0.15, -0.1) is 0 Å². The maximum absolute atomic E-state index is 12.8. The maximum Gasteiger partial charge on any atom is 0.319 e. The lowest BCUT2D eigenvalue weighted by atomic mass is 10.1. The van der Waals surface area contributed by atoms with Crippen molar-refractivity contribution in [1.82, 2.24) is 19.6 Å². The smallest absolute Gasteiger partial charge is 0.319 e. The fourth-order valence-electron chi connectivity index (χ4n) is 2.35. The molecule has 5 nitrogen and oxygen atoms in total. The number of halogens is 3. The van der Waals surface area contributed by atoms with E-state index in [1.54, 1.807) is 19.2 Å². The molecule has 0 bridgehead atoms. The van der Waals surface area contributed by atoms with Gasteiger partial charge in [-0.1, -0.05) is 28.9 Å². The van der Waals surface area contributed by atoms with Crippen LogP contribution in [0.5, 0.6) is 0 Å². The lowest BCUT2D eigenvalue weighted by molar-refractivity contribution is 0.0642. The summed E-state index contributed by atoms with van der Waals surface area (Å²) in [6, 6.07) is 9.09. The van der Waals surface area contributed by atoms with Crippen molar-refractivity contribution in [2.24, 2.45) is 0 Å². The van der Waals surface area contributed by atoms with Crippen molar-refractivity contribution in [3.05, 3.63) is 59.3 Å². The van der Waals surface area contributed by atoms with E-state index >= 15 is 0 Å². The number of aromatic nitrogens is 3. The highest BCUT2D eigenvalue weighted by Gasteiger charge is 2.15. The first-order valence-corrected chi connectivity index (χ1v) is 7.60. The molecule has 3 rings (SSSR count). The molecule has 0 unspecified atom stereocenters. The monoisotopic (exact) mass is 352 g/mol. The molecule has 0 amide bonds. The minimum Gasteiger partial charge on any atom is -0.359 e. The molecule has 0 atom stereocenters. The zero-order valence-electron chi connectivity index (χ0n) is 12.9. The van der Waals surface area contributed by atoms with Crippen molar-refractivity contribution in [2.45, 2.75) is 19.6 Å². The van der Waals surface area contributed by atoms with Crippen molar-refractivity contribution < 1.29 is 13.3 Å². The molecule has 3 aromatic rings. The second kappa shape index (κ2) is 7.11. The van der Waals surface area contributed by atoms with Gasteiger partial charge in [0.05, 0.1) is 13.1 Å². The van der Waals surface area contributed by atoms with Gasteiger partial charge in [0.1, 0.15) is 11.5 Å². The van der Waals surface area contributed by atoms with Crippen LogP contribution in [0.3, 0.4) is 0 Å². The van der Waals surface area contributed by atoms with Crippen LogP contribution in [0.4, 0.5) is 8.78 Å². The Morgan fingerprint density at radius 3 is 2.71 bits per heavy atom. The standard InChI is InChI=1S/C16H15ClF2N4O/c1-22(10-15-20-6-7-23(15)16(18)19)9-13-8-14(21-24-13)11-2-4-12(17)5-3-11/h2-8,16H,9-10H2,1H3. The maximum atomic E-state index is 12.8. The minimum absolute atomic E-state index is 0.272. The van der Waals surface area contributed by atoms with Crippen LogP contribution in [0.2, 0.25) is 5.02 Å². The second-order valence-electron chi connectivity index (χ2n) is 5.39. The Balaban J connectivity index is 1.66. The number of imidazole rings is 1. The van der Waals surface area contributed by atoms with Crippen molar-refractivity contribution in [2.75, 3.05) is 7.05 Å². The Labute approximate surface area is 142 Å². The van der Waals surface area contributed by atoms with Gasteiger partial charge in [-0.25, -0.2) is 4.98 Å². The van der Waals surface area contributed by atoms with Crippen molar-refractivity contribution in [3.8, 4) is 11.3 Å². The van der Waals surface area contributed by atoms with E-state index in [9.17, 15) is 8.78 Å². The topological polar surface area (TPSA) is 47.1 Å². The SMILES string of the molecule is CN(Cc1cc(-c2ccc(Cl)cc2)no1)Cc1nccn1C(F)F. The lowest BCUT2D eigenvalue weighted by Crippen LogP contribution is -2.20. The Hall–Kier alpha value is -2.25. The van der Waals surface area contributed by atoms with E-state index in [2.05, 4.69) is 10.1 Å². The molecule has 0 aliphatic carbocycles. The van der Waals surface area contributed by atoms with E-state index < -0.39 is 6.55 Å². The molecule has 0 fully saturated rings. The van der Waals surface area contributed by atoms with Crippen LogP contribution >= 0.6 is 11.6 Å². The summed E-state index contributed by atoms with van der Waals surface area (Å²) in [5, 5.41) is 4.68. The van der Waals surface area contributed by atoms with Gasteiger partial charge in [0.25, 0.3) is 0 Å². The number of hydrogen-bond acceptors (Lipinski definition) is 4. The average Bonchev–Trinajstić information content (AvgIpc) is 3.17. The van der Waals surface area contributed by atoms with Gasteiger partial charge < -0.3 is 4.52 Å². The molecule has 0 aliphatic heterocycles. The molecule has 0 N–H and O–H groups in total. The van der Waals surface area contributed by atoms with Gasteiger partial charge in [-0.3, -0.25) is 9.47 Å². The summed E-state index contributed by atoms with van der Waals surface area (Å²) >= 11 is 5.86. The number of nitrogens with zero attached hydrogens (tertiary/aromatic N) is 4. The summed E-state index contributed by atoms with van der Waals surface area (Å²) < 4.78 is 31.8. The Morgan fingerprint density at radius 1 is 1.25 bits per heavy atom. The number of alkyl halides is 2. The van der Waals surface area contributed by atoms with Crippen molar-refractivity contribution in [1.29, 1.82) is 0 Å². The van der Waals surface area contributed by atoms with Gasteiger partial charge in [-0.05, 0) is 19.2 Å². The van der Waals surface area contributed by atoms with Gasteiger partial charge in [0, 0.05) is 29.0 Å². The summed E-state index contributed by atoms with van der Waals surface area (Å²) in [6.07, 6.45) is 2.63. The first kappa shape index (κ1) is 16.6. The van der Waals surface area contributed by atoms with Crippen LogP contribution in [-0.2, 0) is 13.1 Å². The molecule has 24 heavy (non-hydrogen) atoms. The largest absolute Gasteiger partial charge is 0.359 e. The van der Waals surface area contributed by atoms with Crippen molar-refractivity contribution in [3.63, 3.8) is 0 Å². The molecular weight excluding hydrogens is 338 g/mol. The summed E-state index contributed by atoms with van der Waals surface area (Å²) in [7, 11) is 1.80. The summed E-state index contributed by atoms with van der Waals surface area (Å²) in [5.74, 6) is 0.933. The van der Waals surface area contributed by atoms with E-state index in [1.807, 2.05) is 23.1 Å². The van der Waals surface area contributed by atoms with E-state index in [0.717, 1.165) is 10.1 Å². The predicted octanol–water partition coefficient (Wildman–Crippen LogP) is 4.22. The molecule has 0 saturated carbocycles. The predicted molar refractivity (Wildman–Crippen MR) is 85.6 cm³/mol. The summed E-state index contributed by atoms with van der Waals surface area (Å²) in [4.78, 5) is 5.79. The van der Waals surface area contributed by atoms with E-state index in [0.29, 0.717) is 28.8 Å². The Morgan fingerprint density at radius 2 is 2.00 bits per heavy atom. The number of benzene rings is 1. The lowest BCUT2D eigenvalue weighted by Gasteiger charge is -2.15. The van der Waals surface area contributed by atoms with Crippen LogP contribution in [-0.4, -0.2) is 26.7 Å². The Kier molecular flexibility index (Phi) is 4.92. The molecule has 0 spiro atoms. The third kappa shape index (κ3) is 3.80. The summed E-state index contributed by atoms with van der Waals surface area (Å²) in [5.41, 5.74) is 1.59. The highest BCUT2D eigenvalue weighted by atomic mass is 35.5. The third-order valence-electron chi connectivity index (χ3n) is 3.50. The van der Waals surface area contributed by atoms with Crippen LogP contribution in [0, 0.1) is 0 Å². The fraction of sp³-hybridized carbons (Fsp3) is 0.250. The van der Waals surface area contributed by atoms with Crippen LogP contribution < -0.4 is 0 Å². The van der Waals surface area contributed by atoms with Gasteiger partial charge >= 0.3 is 6.55 Å². The molecule has 2 heterocycles. The minimum atomic E-state index is -2.60.